The monoisotopic (exact) mass is 379 g/mol. The van der Waals surface area contributed by atoms with Crippen LogP contribution in [0.5, 0.6) is 5.88 Å². The maximum absolute atomic E-state index is 11.4. The lowest BCUT2D eigenvalue weighted by Gasteiger charge is -2.35. The first-order valence-electron chi connectivity index (χ1n) is 9.52. The molecule has 3 heteroatoms. The Bertz CT molecular complexity index is 997. The van der Waals surface area contributed by atoms with Gasteiger partial charge in [-0.3, -0.25) is 4.79 Å². The van der Waals surface area contributed by atoms with E-state index >= 15 is 0 Å². The normalized spacial score (nSPS) is 11.1. The Balaban J connectivity index is 1.99. The van der Waals surface area contributed by atoms with Crippen LogP contribution >= 0.6 is 0 Å². The van der Waals surface area contributed by atoms with E-state index in [2.05, 4.69) is 41.4 Å². The second-order valence-corrected chi connectivity index (χ2v) is 6.85. The van der Waals surface area contributed by atoms with Gasteiger partial charge in [-0.1, -0.05) is 97.1 Å². The summed E-state index contributed by atoms with van der Waals surface area (Å²) >= 11 is 0. The second kappa shape index (κ2) is 8.11. The summed E-state index contributed by atoms with van der Waals surface area (Å²) in [6.45, 7) is 1.86. The highest BCUT2D eigenvalue weighted by atomic mass is 16.5. The molecule has 3 nitrogen and oxygen atoms in total. The van der Waals surface area contributed by atoms with Gasteiger partial charge in [0.1, 0.15) is 5.69 Å². The summed E-state index contributed by atoms with van der Waals surface area (Å²) < 4.78 is 6.69. The Hall–Kier alpha value is -3.72. The molecule has 1 heterocycles. The SMILES string of the molecule is Cc1ccc(OC(c2ccccc2)(c2ccccc2)c2ccccc2)nc1C=O. The van der Waals surface area contributed by atoms with E-state index < -0.39 is 5.60 Å². The maximum atomic E-state index is 11.4. The van der Waals surface area contributed by atoms with Crippen molar-refractivity contribution in [2.75, 3.05) is 0 Å². The highest BCUT2D eigenvalue weighted by molar-refractivity contribution is 5.74. The van der Waals surface area contributed by atoms with Crippen molar-refractivity contribution in [1.82, 2.24) is 4.98 Å². The standard InChI is InChI=1S/C26H21NO2/c1-20-17-18-25(27-24(20)19-28)29-26(21-11-5-2-6-12-21,22-13-7-3-8-14-22)23-15-9-4-10-16-23/h2-19H,1H3. The predicted molar refractivity (Wildman–Crippen MR) is 114 cm³/mol. The van der Waals surface area contributed by atoms with E-state index in [9.17, 15) is 4.79 Å². The zero-order chi connectivity index (χ0) is 20.1. The van der Waals surface area contributed by atoms with E-state index in [1.54, 1.807) is 0 Å². The molecule has 0 atom stereocenters. The summed E-state index contributed by atoms with van der Waals surface area (Å²) in [4.78, 5) is 15.9. The highest BCUT2D eigenvalue weighted by Gasteiger charge is 2.39. The van der Waals surface area contributed by atoms with Crippen molar-refractivity contribution in [1.29, 1.82) is 0 Å². The van der Waals surface area contributed by atoms with Gasteiger partial charge in [-0.05, 0) is 12.5 Å². The topological polar surface area (TPSA) is 39.2 Å². The van der Waals surface area contributed by atoms with Crippen LogP contribution in [0.25, 0.3) is 0 Å². The first-order chi connectivity index (χ1) is 14.2. The van der Waals surface area contributed by atoms with Crippen molar-refractivity contribution < 1.29 is 9.53 Å². The number of rotatable bonds is 6. The highest BCUT2D eigenvalue weighted by Crippen LogP contribution is 2.40. The number of ether oxygens (including phenoxy) is 1. The fourth-order valence-electron chi connectivity index (χ4n) is 3.55. The van der Waals surface area contributed by atoms with E-state index in [0.29, 0.717) is 11.6 Å². The number of pyridine rings is 1. The molecular weight excluding hydrogens is 358 g/mol. The second-order valence-electron chi connectivity index (χ2n) is 6.85. The lowest BCUT2D eigenvalue weighted by atomic mass is 9.80. The first kappa shape index (κ1) is 18.6. The van der Waals surface area contributed by atoms with Crippen molar-refractivity contribution in [2.45, 2.75) is 12.5 Å². The first-order valence-corrected chi connectivity index (χ1v) is 9.52. The number of nitrogens with zero attached hydrogens (tertiary/aromatic N) is 1. The number of aryl methyl sites for hydroxylation is 1. The van der Waals surface area contributed by atoms with Crippen LogP contribution in [0, 0.1) is 6.92 Å². The Labute approximate surface area is 170 Å². The smallest absolute Gasteiger partial charge is 0.215 e. The molecule has 0 saturated heterocycles. The van der Waals surface area contributed by atoms with Crippen LogP contribution in [-0.2, 0) is 5.60 Å². The van der Waals surface area contributed by atoms with Gasteiger partial charge in [0.05, 0.1) is 0 Å². The minimum Gasteiger partial charge on any atom is -0.456 e. The number of aromatic nitrogens is 1. The van der Waals surface area contributed by atoms with E-state index in [1.807, 2.05) is 73.7 Å². The molecule has 29 heavy (non-hydrogen) atoms. The van der Waals surface area contributed by atoms with Crippen LogP contribution in [0.15, 0.2) is 103 Å². The van der Waals surface area contributed by atoms with E-state index in [0.717, 1.165) is 28.5 Å². The van der Waals surface area contributed by atoms with Crippen LogP contribution < -0.4 is 4.74 Å². The third-order valence-electron chi connectivity index (χ3n) is 5.02. The fourth-order valence-corrected chi connectivity index (χ4v) is 3.55. The maximum Gasteiger partial charge on any atom is 0.215 e. The van der Waals surface area contributed by atoms with Crippen molar-refractivity contribution in [2.24, 2.45) is 0 Å². The van der Waals surface area contributed by atoms with Gasteiger partial charge in [-0.15, -0.1) is 0 Å². The van der Waals surface area contributed by atoms with Gasteiger partial charge in [-0.25, -0.2) is 4.98 Å². The quantitative estimate of drug-likeness (QED) is 0.325. The van der Waals surface area contributed by atoms with Gasteiger partial charge in [-0.2, -0.15) is 0 Å². The Morgan fingerprint density at radius 2 is 1.14 bits per heavy atom. The van der Waals surface area contributed by atoms with Gasteiger partial charge >= 0.3 is 0 Å². The summed E-state index contributed by atoms with van der Waals surface area (Å²) in [7, 11) is 0. The van der Waals surface area contributed by atoms with Gasteiger partial charge in [0.15, 0.2) is 11.9 Å². The molecule has 0 amide bonds. The minimum atomic E-state index is -0.911. The van der Waals surface area contributed by atoms with E-state index in [-0.39, 0.29) is 0 Å². The van der Waals surface area contributed by atoms with Crippen LogP contribution in [-0.4, -0.2) is 11.3 Å². The molecule has 0 saturated carbocycles. The molecule has 0 aliphatic rings. The fraction of sp³-hybridized carbons (Fsp3) is 0.0769. The Morgan fingerprint density at radius 1 is 0.690 bits per heavy atom. The zero-order valence-corrected chi connectivity index (χ0v) is 16.2. The van der Waals surface area contributed by atoms with Crippen molar-refractivity contribution in [3.05, 3.63) is 131 Å². The van der Waals surface area contributed by atoms with Crippen LogP contribution in [0.1, 0.15) is 32.7 Å². The molecule has 0 unspecified atom stereocenters. The van der Waals surface area contributed by atoms with Crippen molar-refractivity contribution in [3.63, 3.8) is 0 Å². The molecule has 0 fully saturated rings. The molecule has 0 aliphatic heterocycles. The third-order valence-corrected chi connectivity index (χ3v) is 5.02. The van der Waals surface area contributed by atoms with Crippen LogP contribution in [0.4, 0.5) is 0 Å². The molecule has 4 rings (SSSR count). The molecular formula is C26H21NO2. The summed E-state index contributed by atoms with van der Waals surface area (Å²) in [6.07, 6.45) is 0.761. The third kappa shape index (κ3) is 3.55. The lowest BCUT2D eigenvalue weighted by molar-refractivity contribution is 0.111. The summed E-state index contributed by atoms with van der Waals surface area (Å²) in [5.74, 6) is 0.397. The van der Waals surface area contributed by atoms with Crippen LogP contribution in [0.3, 0.4) is 0 Å². The lowest BCUT2D eigenvalue weighted by Crippen LogP contribution is -2.36. The number of hydrogen-bond donors (Lipinski definition) is 0. The molecule has 0 spiro atoms. The molecule has 0 bridgehead atoms. The zero-order valence-electron chi connectivity index (χ0n) is 16.2. The van der Waals surface area contributed by atoms with E-state index in [1.165, 1.54) is 0 Å². The molecule has 4 aromatic rings. The number of hydrogen-bond acceptors (Lipinski definition) is 3. The minimum absolute atomic E-state index is 0.380. The summed E-state index contributed by atoms with van der Waals surface area (Å²) in [5.41, 5.74) is 3.22. The summed E-state index contributed by atoms with van der Waals surface area (Å²) in [5, 5.41) is 0. The molecule has 0 radical (unpaired) electrons. The molecule has 0 aliphatic carbocycles. The number of aldehydes is 1. The average molecular weight is 379 g/mol. The van der Waals surface area contributed by atoms with E-state index in [4.69, 9.17) is 4.74 Å². The van der Waals surface area contributed by atoms with Gasteiger partial charge in [0, 0.05) is 22.8 Å². The number of carbonyl (C=O) groups excluding carboxylic acids is 1. The molecule has 3 aromatic carbocycles. The average Bonchev–Trinajstić information content (AvgIpc) is 2.80. The Morgan fingerprint density at radius 3 is 1.55 bits per heavy atom. The molecule has 142 valence electrons. The van der Waals surface area contributed by atoms with Gasteiger partial charge in [0.2, 0.25) is 5.88 Å². The van der Waals surface area contributed by atoms with Gasteiger partial charge in [0.25, 0.3) is 0 Å². The Kier molecular flexibility index (Phi) is 5.21. The van der Waals surface area contributed by atoms with Crippen molar-refractivity contribution in [3.8, 4) is 5.88 Å². The largest absolute Gasteiger partial charge is 0.456 e. The van der Waals surface area contributed by atoms with Crippen LogP contribution in [0.2, 0.25) is 0 Å². The predicted octanol–water partition coefficient (Wildman–Crippen LogP) is 5.57. The molecule has 1 aromatic heterocycles. The summed E-state index contributed by atoms with van der Waals surface area (Å²) in [6, 6.07) is 33.9. The van der Waals surface area contributed by atoms with Gasteiger partial charge < -0.3 is 4.74 Å². The number of benzene rings is 3. The van der Waals surface area contributed by atoms with Crippen molar-refractivity contribution >= 4 is 6.29 Å². The number of carbonyl (C=O) groups is 1. The molecule has 0 N–H and O–H groups in total.